The molecule has 0 N–H and O–H groups in total. The number of rotatable bonds is 6. The molecule has 0 saturated heterocycles. The first-order valence-corrected chi connectivity index (χ1v) is 14.5. The molecule has 8 nitrogen and oxygen atoms in total. The Morgan fingerprint density at radius 3 is 2.59 bits per heavy atom. The van der Waals surface area contributed by atoms with Crippen molar-refractivity contribution in [3.63, 3.8) is 0 Å². The maximum atomic E-state index is 13.6. The van der Waals surface area contributed by atoms with Crippen molar-refractivity contribution in [2.75, 3.05) is 7.11 Å². The summed E-state index contributed by atoms with van der Waals surface area (Å²) in [6, 6.07) is 15.3. The third-order valence-electron chi connectivity index (χ3n) is 9.97. The average molecular weight is 555 g/mol. The molecule has 2 heterocycles. The lowest BCUT2D eigenvalue weighted by atomic mass is 9.49. The number of aryl methyl sites for hydroxylation is 2. The molecule has 6 rings (SSSR count). The summed E-state index contributed by atoms with van der Waals surface area (Å²) in [6.45, 7) is 11.6. The number of methoxy groups -OCH3 is 1. The minimum atomic E-state index is -0.695. The van der Waals surface area contributed by atoms with Gasteiger partial charge in [0.15, 0.2) is 5.82 Å². The van der Waals surface area contributed by atoms with Crippen molar-refractivity contribution in [2.24, 2.45) is 5.41 Å². The molecule has 0 bridgehead atoms. The third kappa shape index (κ3) is 3.86. The smallest absolute Gasteiger partial charge is 0.342 e. The van der Waals surface area contributed by atoms with Crippen molar-refractivity contribution in [3.05, 3.63) is 81.3 Å². The van der Waals surface area contributed by atoms with Crippen molar-refractivity contribution in [2.45, 2.75) is 84.2 Å². The monoisotopic (exact) mass is 554 g/mol. The number of hydrogen-bond donors (Lipinski definition) is 0. The van der Waals surface area contributed by atoms with Crippen LogP contribution in [0.4, 0.5) is 5.82 Å². The van der Waals surface area contributed by atoms with Crippen molar-refractivity contribution in [1.82, 2.24) is 14.1 Å². The summed E-state index contributed by atoms with van der Waals surface area (Å²) >= 11 is 0. The molecule has 2 aromatic carbocycles. The normalized spacial score (nSPS) is 23.2. The van der Waals surface area contributed by atoms with Gasteiger partial charge < -0.3 is 19.4 Å². The highest BCUT2D eigenvalue weighted by Gasteiger charge is 2.58. The molecule has 8 heteroatoms. The first-order valence-electron chi connectivity index (χ1n) is 14.5. The van der Waals surface area contributed by atoms with Crippen LogP contribution in [-0.2, 0) is 28.0 Å². The highest BCUT2D eigenvalue weighted by Crippen LogP contribution is 2.65. The van der Waals surface area contributed by atoms with E-state index in [0.29, 0.717) is 24.8 Å². The number of carbonyl (C=O) groups is 1. The van der Waals surface area contributed by atoms with Crippen molar-refractivity contribution in [3.8, 4) is 11.3 Å². The van der Waals surface area contributed by atoms with Gasteiger partial charge in [-0.3, -0.25) is 4.79 Å². The summed E-state index contributed by atoms with van der Waals surface area (Å²) in [5.74, 6) is 0.716. The fourth-order valence-corrected chi connectivity index (χ4v) is 8.03. The molecule has 0 unspecified atom stereocenters. The zero-order valence-corrected chi connectivity index (χ0v) is 24.7. The van der Waals surface area contributed by atoms with E-state index in [9.17, 15) is 14.9 Å². The number of para-hydroxylation sites is 1. The van der Waals surface area contributed by atoms with E-state index >= 15 is 0 Å². The maximum absolute atomic E-state index is 13.6. The van der Waals surface area contributed by atoms with Gasteiger partial charge in [-0.1, -0.05) is 57.5 Å². The van der Waals surface area contributed by atoms with Crippen LogP contribution in [0.1, 0.15) is 81.3 Å². The minimum Gasteiger partial charge on any atom is -0.469 e. The Balaban J connectivity index is 1.66. The Hall–Kier alpha value is -3.94. The Labute approximate surface area is 240 Å². The molecule has 0 amide bonds. The number of ether oxygens (including phenoxy) is 1. The van der Waals surface area contributed by atoms with E-state index in [-0.39, 0.29) is 28.0 Å². The van der Waals surface area contributed by atoms with Gasteiger partial charge >= 0.3 is 11.8 Å². The van der Waals surface area contributed by atoms with Gasteiger partial charge in [0.2, 0.25) is 0 Å². The summed E-state index contributed by atoms with van der Waals surface area (Å²) in [7, 11) is 1.50. The molecule has 41 heavy (non-hydrogen) atoms. The van der Waals surface area contributed by atoms with E-state index < -0.39 is 5.41 Å². The van der Waals surface area contributed by atoms with Gasteiger partial charge in [0, 0.05) is 34.7 Å². The van der Waals surface area contributed by atoms with Gasteiger partial charge in [0.1, 0.15) is 12.7 Å². The number of fused-ring (bicyclic) bond motifs is 8. The molecule has 2 aliphatic rings. The molecule has 2 aliphatic carbocycles. The fraction of sp³-hybridized carbons (Fsp3) is 0.455. The quantitative estimate of drug-likeness (QED) is 0.142. The summed E-state index contributed by atoms with van der Waals surface area (Å²) in [5.41, 5.74) is 6.16. The second-order valence-corrected chi connectivity index (χ2v) is 12.6. The lowest BCUT2D eigenvalue weighted by Gasteiger charge is -2.54. The van der Waals surface area contributed by atoms with Crippen LogP contribution in [0.5, 0.6) is 0 Å². The zero-order chi connectivity index (χ0) is 29.3. The highest BCUT2D eigenvalue weighted by atomic mass is 16.6. The molecular weight excluding hydrogens is 516 g/mol. The first-order chi connectivity index (χ1) is 19.5. The van der Waals surface area contributed by atoms with E-state index in [1.807, 2.05) is 6.07 Å². The van der Waals surface area contributed by atoms with E-state index in [2.05, 4.69) is 73.6 Å². The van der Waals surface area contributed by atoms with E-state index in [0.717, 1.165) is 35.9 Å². The highest BCUT2D eigenvalue weighted by molar-refractivity contribution is 5.96. The molecular formula is C33H38N4O4. The number of esters is 1. The molecule has 214 valence electrons. The largest absolute Gasteiger partial charge is 0.469 e. The number of carbonyl (C=O) groups excluding carboxylic acids is 1. The Bertz CT molecular complexity index is 1700. The van der Waals surface area contributed by atoms with Crippen LogP contribution in [0, 0.1) is 22.5 Å². The second-order valence-electron chi connectivity index (χ2n) is 12.6. The summed E-state index contributed by atoms with van der Waals surface area (Å²) in [5, 5.41) is 12.9. The predicted octanol–water partition coefficient (Wildman–Crippen LogP) is 7.26. The Morgan fingerprint density at radius 1 is 1.15 bits per heavy atom. The average Bonchev–Trinajstić information content (AvgIpc) is 3.48. The lowest BCUT2D eigenvalue weighted by Crippen LogP contribution is -2.50. The van der Waals surface area contributed by atoms with Crippen LogP contribution in [0.3, 0.4) is 0 Å². The van der Waals surface area contributed by atoms with Crippen LogP contribution in [0.25, 0.3) is 22.2 Å². The van der Waals surface area contributed by atoms with Crippen LogP contribution in [0.15, 0.2) is 48.7 Å². The van der Waals surface area contributed by atoms with Crippen LogP contribution < -0.4 is 0 Å². The molecule has 4 aromatic rings. The van der Waals surface area contributed by atoms with E-state index in [4.69, 9.17) is 4.74 Å². The lowest BCUT2D eigenvalue weighted by molar-refractivity contribution is -0.392. The van der Waals surface area contributed by atoms with Crippen LogP contribution >= 0.6 is 0 Å². The van der Waals surface area contributed by atoms with E-state index in [1.54, 1.807) is 11.5 Å². The fourth-order valence-electron chi connectivity index (χ4n) is 8.03. The van der Waals surface area contributed by atoms with Crippen molar-refractivity contribution >= 4 is 22.7 Å². The molecule has 2 aromatic heterocycles. The standard InChI is InChI=1S/C33H38N4O4/c1-20(2)22-12-13-25-24(18-22)29-28(30-32(25,4)14-9-15-33(30,5)31(38)41-6)23-10-7-8-11-26(23)36(29)17-16-35-21(3)34-19-27(35)37(39)40/h7-8,10-13,18-20,30H,9,14-17H2,1-6H3/t30-,32-,33-/m1/s1. The van der Waals surface area contributed by atoms with Crippen molar-refractivity contribution in [1.29, 1.82) is 0 Å². The number of aromatic nitrogens is 3. The van der Waals surface area contributed by atoms with Gasteiger partial charge in [-0.15, -0.1) is 0 Å². The number of nitro groups is 1. The molecule has 1 fully saturated rings. The maximum Gasteiger partial charge on any atom is 0.342 e. The number of imidazole rings is 1. The Morgan fingerprint density at radius 2 is 1.88 bits per heavy atom. The van der Waals surface area contributed by atoms with Crippen molar-refractivity contribution < 1.29 is 14.5 Å². The number of benzene rings is 2. The molecule has 3 atom stereocenters. The topological polar surface area (TPSA) is 92.2 Å². The second kappa shape index (κ2) is 9.57. The van der Waals surface area contributed by atoms with Gasteiger partial charge in [-0.05, 0) is 59.4 Å². The van der Waals surface area contributed by atoms with Crippen LogP contribution in [0.2, 0.25) is 0 Å². The minimum absolute atomic E-state index is 0.00607. The Kier molecular flexibility index (Phi) is 6.36. The zero-order valence-electron chi connectivity index (χ0n) is 24.7. The number of hydrogen-bond acceptors (Lipinski definition) is 5. The summed E-state index contributed by atoms with van der Waals surface area (Å²) in [6.07, 6.45) is 4.02. The predicted molar refractivity (Wildman–Crippen MR) is 159 cm³/mol. The number of nitrogens with zero attached hydrogens (tertiary/aromatic N) is 4. The van der Waals surface area contributed by atoms with Gasteiger partial charge in [-0.25, -0.2) is 9.55 Å². The van der Waals surface area contributed by atoms with E-state index in [1.165, 1.54) is 35.6 Å². The molecule has 1 saturated carbocycles. The summed E-state index contributed by atoms with van der Waals surface area (Å²) in [4.78, 5) is 29.2. The third-order valence-corrected chi connectivity index (χ3v) is 9.97. The summed E-state index contributed by atoms with van der Waals surface area (Å²) < 4.78 is 9.49. The molecule has 0 aliphatic heterocycles. The van der Waals surface area contributed by atoms with Gasteiger partial charge in [0.05, 0.1) is 24.8 Å². The first kappa shape index (κ1) is 27.2. The molecule has 0 radical (unpaired) electrons. The van der Waals surface area contributed by atoms with Crippen LogP contribution in [-0.4, -0.2) is 32.1 Å². The SMILES string of the molecule is COC(=O)[C@]1(C)CCC[C@]2(C)c3ccc(C(C)C)cc3-c3c(c4ccccc4n3CCn3c([N+](=O)[O-])cnc3C)[C@@H]12. The van der Waals surface area contributed by atoms with Gasteiger partial charge in [-0.2, -0.15) is 0 Å². The van der Waals surface area contributed by atoms with Gasteiger partial charge in [0.25, 0.3) is 0 Å². The molecule has 0 spiro atoms.